The van der Waals surface area contributed by atoms with Crippen molar-refractivity contribution in [2.24, 2.45) is 5.41 Å². The van der Waals surface area contributed by atoms with Crippen LogP contribution in [-0.4, -0.2) is 49.0 Å². The van der Waals surface area contributed by atoms with Crippen molar-refractivity contribution in [2.45, 2.75) is 51.5 Å². The quantitative estimate of drug-likeness (QED) is 0.799. The smallest absolute Gasteiger partial charge is 0.0501 e. The molecule has 17 heavy (non-hydrogen) atoms. The summed E-state index contributed by atoms with van der Waals surface area (Å²) in [6.07, 6.45) is 7.52. The number of nitrogens with zero attached hydrogens (tertiary/aromatic N) is 1. The molecule has 2 rings (SSSR count). The van der Waals surface area contributed by atoms with Gasteiger partial charge in [-0.05, 0) is 32.2 Å². The van der Waals surface area contributed by atoms with Crippen molar-refractivity contribution in [3.63, 3.8) is 0 Å². The van der Waals surface area contributed by atoms with Gasteiger partial charge < -0.3 is 14.7 Å². The fourth-order valence-electron chi connectivity index (χ4n) is 3.37. The van der Waals surface area contributed by atoms with E-state index in [0.717, 1.165) is 45.2 Å². The van der Waals surface area contributed by atoms with Crippen molar-refractivity contribution >= 4 is 0 Å². The van der Waals surface area contributed by atoms with Gasteiger partial charge in [0.05, 0.1) is 6.61 Å². The van der Waals surface area contributed by atoms with E-state index < -0.39 is 0 Å². The SMILES string of the molecule is CCN(CC1(CO)CCOCC1)C1CCCC1. The van der Waals surface area contributed by atoms with Crippen molar-refractivity contribution in [3.05, 3.63) is 0 Å². The fraction of sp³-hybridized carbons (Fsp3) is 1.00. The predicted molar refractivity (Wildman–Crippen MR) is 69.1 cm³/mol. The Balaban J connectivity index is 1.94. The average Bonchev–Trinajstić information content (AvgIpc) is 2.91. The minimum Gasteiger partial charge on any atom is -0.396 e. The molecule has 3 nitrogen and oxygen atoms in total. The van der Waals surface area contributed by atoms with Crippen LogP contribution in [0, 0.1) is 5.41 Å². The normalized spacial score (nSPS) is 25.6. The molecule has 1 N–H and O–H groups in total. The largest absolute Gasteiger partial charge is 0.396 e. The summed E-state index contributed by atoms with van der Waals surface area (Å²) in [5.41, 5.74) is 0.108. The van der Waals surface area contributed by atoms with Crippen LogP contribution in [0.3, 0.4) is 0 Å². The van der Waals surface area contributed by atoms with Crippen molar-refractivity contribution in [2.75, 3.05) is 32.9 Å². The monoisotopic (exact) mass is 241 g/mol. The van der Waals surface area contributed by atoms with Gasteiger partial charge in [0.25, 0.3) is 0 Å². The Morgan fingerprint density at radius 2 is 1.88 bits per heavy atom. The molecule has 100 valence electrons. The zero-order valence-corrected chi connectivity index (χ0v) is 11.2. The van der Waals surface area contributed by atoms with Gasteiger partial charge in [-0.3, -0.25) is 0 Å². The van der Waals surface area contributed by atoms with Crippen LogP contribution in [-0.2, 0) is 4.74 Å². The van der Waals surface area contributed by atoms with Crippen molar-refractivity contribution in [1.82, 2.24) is 4.90 Å². The Labute approximate surface area is 105 Å². The van der Waals surface area contributed by atoms with Crippen LogP contribution < -0.4 is 0 Å². The number of hydrogen-bond acceptors (Lipinski definition) is 3. The second-order valence-corrected chi connectivity index (χ2v) is 5.77. The molecule has 1 saturated carbocycles. The molecule has 0 aromatic heterocycles. The zero-order chi connectivity index (χ0) is 12.1. The van der Waals surface area contributed by atoms with E-state index in [1.807, 2.05) is 0 Å². The number of ether oxygens (including phenoxy) is 1. The van der Waals surface area contributed by atoms with Gasteiger partial charge in [-0.2, -0.15) is 0 Å². The predicted octanol–water partition coefficient (Wildman–Crippen LogP) is 2.04. The molecule has 0 unspecified atom stereocenters. The minimum atomic E-state index is 0.108. The first-order valence-electron chi connectivity index (χ1n) is 7.22. The molecule has 0 spiro atoms. The molecule has 0 aromatic rings. The van der Waals surface area contributed by atoms with Gasteiger partial charge in [-0.1, -0.05) is 19.8 Å². The van der Waals surface area contributed by atoms with Crippen LogP contribution in [0.1, 0.15) is 45.4 Å². The molecule has 0 amide bonds. The molecule has 2 fully saturated rings. The maximum Gasteiger partial charge on any atom is 0.0501 e. The lowest BCUT2D eigenvalue weighted by atomic mass is 9.80. The standard InChI is InChI=1S/C14H27NO2/c1-2-15(13-5-3-4-6-13)11-14(12-16)7-9-17-10-8-14/h13,16H,2-12H2,1H3. The van der Waals surface area contributed by atoms with E-state index in [0.29, 0.717) is 6.61 Å². The highest BCUT2D eigenvalue weighted by Crippen LogP contribution is 2.33. The highest BCUT2D eigenvalue weighted by atomic mass is 16.5. The molecule has 0 radical (unpaired) electrons. The molecule has 0 bridgehead atoms. The molecular formula is C14H27NO2. The van der Waals surface area contributed by atoms with Crippen LogP contribution in [0.4, 0.5) is 0 Å². The molecular weight excluding hydrogens is 214 g/mol. The Kier molecular flexibility index (Phi) is 4.83. The van der Waals surface area contributed by atoms with E-state index in [1.165, 1.54) is 25.7 Å². The summed E-state index contributed by atoms with van der Waals surface area (Å²) in [5.74, 6) is 0. The van der Waals surface area contributed by atoms with Crippen molar-refractivity contribution in [3.8, 4) is 0 Å². The first-order valence-corrected chi connectivity index (χ1v) is 7.22. The Hall–Kier alpha value is -0.120. The summed E-state index contributed by atoms with van der Waals surface area (Å²) in [6, 6.07) is 0.770. The number of hydrogen-bond donors (Lipinski definition) is 1. The van der Waals surface area contributed by atoms with E-state index in [-0.39, 0.29) is 5.41 Å². The average molecular weight is 241 g/mol. The Bertz CT molecular complexity index is 220. The van der Waals surface area contributed by atoms with Gasteiger partial charge in [0.1, 0.15) is 0 Å². The lowest BCUT2D eigenvalue weighted by molar-refractivity contribution is -0.0395. The second kappa shape index (κ2) is 6.17. The van der Waals surface area contributed by atoms with Gasteiger partial charge >= 0.3 is 0 Å². The molecule has 0 atom stereocenters. The number of rotatable bonds is 5. The maximum atomic E-state index is 9.75. The van der Waals surface area contributed by atoms with E-state index in [4.69, 9.17) is 4.74 Å². The molecule has 2 aliphatic rings. The maximum absolute atomic E-state index is 9.75. The van der Waals surface area contributed by atoms with Crippen molar-refractivity contribution < 1.29 is 9.84 Å². The van der Waals surface area contributed by atoms with E-state index in [9.17, 15) is 5.11 Å². The fourth-order valence-corrected chi connectivity index (χ4v) is 3.37. The first kappa shape index (κ1) is 13.3. The Morgan fingerprint density at radius 3 is 2.41 bits per heavy atom. The van der Waals surface area contributed by atoms with Gasteiger partial charge in [-0.15, -0.1) is 0 Å². The summed E-state index contributed by atoms with van der Waals surface area (Å²) >= 11 is 0. The van der Waals surface area contributed by atoms with Gasteiger partial charge in [-0.25, -0.2) is 0 Å². The molecule has 0 aromatic carbocycles. The summed E-state index contributed by atoms with van der Waals surface area (Å²) in [4.78, 5) is 2.61. The molecule has 1 heterocycles. The number of aliphatic hydroxyl groups is 1. The van der Waals surface area contributed by atoms with Crippen LogP contribution in [0.2, 0.25) is 0 Å². The van der Waals surface area contributed by atoms with Crippen LogP contribution in [0.25, 0.3) is 0 Å². The lowest BCUT2D eigenvalue weighted by Gasteiger charge is -2.41. The van der Waals surface area contributed by atoms with Gasteiger partial charge in [0.2, 0.25) is 0 Å². The van der Waals surface area contributed by atoms with Gasteiger partial charge in [0, 0.05) is 31.2 Å². The third kappa shape index (κ3) is 3.21. The summed E-state index contributed by atoms with van der Waals surface area (Å²) in [6.45, 7) is 6.40. The zero-order valence-electron chi connectivity index (χ0n) is 11.2. The molecule has 1 aliphatic heterocycles. The molecule has 1 aliphatic carbocycles. The lowest BCUT2D eigenvalue weighted by Crippen LogP contribution is -2.46. The summed E-state index contributed by atoms with van der Waals surface area (Å²) < 4.78 is 5.44. The first-order chi connectivity index (χ1) is 8.29. The van der Waals surface area contributed by atoms with Gasteiger partial charge in [0.15, 0.2) is 0 Å². The van der Waals surface area contributed by atoms with Crippen LogP contribution in [0.5, 0.6) is 0 Å². The van der Waals surface area contributed by atoms with E-state index in [2.05, 4.69) is 11.8 Å². The third-order valence-electron chi connectivity index (χ3n) is 4.67. The molecule has 1 saturated heterocycles. The van der Waals surface area contributed by atoms with Crippen LogP contribution in [0.15, 0.2) is 0 Å². The molecule has 3 heteroatoms. The van der Waals surface area contributed by atoms with E-state index >= 15 is 0 Å². The summed E-state index contributed by atoms with van der Waals surface area (Å²) in [5, 5.41) is 9.75. The number of aliphatic hydroxyl groups excluding tert-OH is 1. The van der Waals surface area contributed by atoms with E-state index in [1.54, 1.807) is 0 Å². The highest BCUT2D eigenvalue weighted by molar-refractivity contribution is 4.87. The topological polar surface area (TPSA) is 32.7 Å². The Morgan fingerprint density at radius 1 is 1.24 bits per heavy atom. The second-order valence-electron chi connectivity index (χ2n) is 5.77. The minimum absolute atomic E-state index is 0.108. The highest BCUT2D eigenvalue weighted by Gasteiger charge is 2.35. The van der Waals surface area contributed by atoms with Crippen LogP contribution >= 0.6 is 0 Å². The van der Waals surface area contributed by atoms with Crippen molar-refractivity contribution in [1.29, 1.82) is 0 Å². The summed E-state index contributed by atoms with van der Waals surface area (Å²) in [7, 11) is 0. The third-order valence-corrected chi connectivity index (χ3v) is 4.67.